The number of carbonyl (C=O) groups is 2. The molecule has 1 aliphatic heterocycles. The Morgan fingerprint density at radius 3 is 1.55 bits per heavy atom. The van der Waals surface area contributed by atoms with Crippen LogP contribution in [0.5, 0.6) is 0 Å². The van der Waals surface area contributed by atoms with Crippen LogP contribution in [-0.4, -0.2) is 66.0 Å². The number of rotatable bonds is 16. The molecule has 2 atom stereocenters. The van der Waals surface area contributed by atoms with Crippen LogP contribution in [0.1, 0.15) is 106 Å². The third-order valence-electron chi connectivity index (χ3n) is 6.19. The Morgan fingerprint density at radius 1 is 0.879 bits per heavy atom. The van der Waals surface area contributed by atoms with Crippen LogP contribution in [0.25, 0.3) is 0 Å². The van der Waals surface area contributed by atoms with E-state index in [-0.39, 0.29) is 4.31 Å². The molecule has 1 saturated heterocycles. The fraction of sp³-hybridized carbons (Fsp3) is 0.917. The predicted molar refractivity (Wildman–Crippen MR) is 132 cm³/mol. The Hall–Kier alpha value is -1.19. The molecule has 196 valence electrons. The lowest BCUT2D eigenvalue weighted by Gasteiger charge is -2.42. The molecule has 1 amide bonds. The summed E-state index contributed by atoms with van der Waals surface area (Å²) in [6.07, 6.45) is 10.9. The van der Waals surface area contributed by atoms with Gasteiger partial charge in [0.05, 0.1) is 32.1 Å². The van der Waals surface area contributed by atoms with E-state index in [0.29, 0.717) is 12.8 Å². The highest BCUT2D eigenvalue weighted by atomic mass is 32.2. The van der Waals surface area contributed by atoms with Crippen molar-refractivity contribution in [3.8, 4) is 0 Å². The SMILES string of the molecule is CCCC1C(=O)N(S(=O)(=O)O)C1OC(C)=O.CCCC[N+](CCCC)(CCCC)CCCC. The zero-order valence-corrected chi connectivity index (χ0v) is 22.7. The summed E-state index contributed by atoms with van der Waals surface area (Å²) in [7, 11) is -4.65. The maximum Gasteiger partial charge on any atom is 0.365 e. The molecule has 1 fully saturated rings. The molecule has 1 rings (SSSR count). The minimum atomic E-state index is -4.65. The second-order valence-corrected chi connectivity index (χ2v) is 10.4. The quantitative estimate of drug-likeness (QED) is 0.141. The van der Waals surface area contributed by atoms with Crippen LogP contribution in [0.4, 0.5) is 0 Å². The highest BCUT2D eigenvalue weighted by Gasteiger charge is 2.54. The highest BCUT2D eigenvalue weighted by molar-refractivity contribution is 7.84. The molecule has 0 aromatic carbocycles. The minimum Gasteiger partial charge on any atom is -0.440 e. The summed E-state index contributed by atoms with van der Waals surface area (Å²) in [6.45, 7) is 17.9. The number of esters is 1. The topological polar surface area (TPSA) is 101 Å². The monoisotopic (exact) mass is 493 g/mol. The average Bonchev–Trinajstić information content (AvgIpc) is 2.75. The first-order valence-corrected chi connectivity index (χ1v) is 14.3. The van der Waals surface area contributed by atoms with Crippen LogP contribution in [-0.2, 0) is 24.6 Å². The van der Waals surface area contributed by atoms with Crippen LogP contribution >= 0.6 is 0 Å². The standard InChI is InChI=1S/C16H36N.C8H13NO6S/c1-5-9-13-17(14-10-6-2,15-11-7-3)16-12-8-4;1-3-4-6-7(11)9(16(12,13)14)8(6)15-5(2)10/h5-16H2,1-4H3;6,8H,3-4H2,1-2H3,(H,12,13,14)/q+1;. The molecule has 33 heavy (non-hydrogen) atoms. The van der Waals surface area contributed by atoms with Crippen molar-refractivity contribution in [2.75, 3.05) is 26.2 Å². The predicted octanol–water partition coefficient (Wildman–Crippen LogP) is 4.94. The molecular weight excluding hydrogens is 444 g/mol. The van der Waals surface area contributed by atoms with Crippen molar-refractivity contribution in [2.24, 2.45) is 5.92 Å². The number of nitrogens with zero attached hydrogens (tertiary/aromatic N) is 2. The Kier molecular flexibility index (Phi) is 15.8. The maximum atomic E-state index is 11.4. The van der Waals surface area contributed by atoms with Crippen molar-refractivity contribution < 1.29 is 31.8 Å². The van der Waals surface area contributed by atoms with Gasteiger partial charge in [0.2, 0.25) is 12.1 Å². The summed E-state index contributed by atoms with van der Waals surface area (Å²) >= 11 is 0. The lowest BCUT2D eigenvalue weighted by molar-refractivity contribution is -0.929. The van der Waals surface area contributed by atoms with Crippen LogP contribution in [0.3, 0.4) is 0 Å². The van der Waals surface area contributed by atoms with Gasteiger partial charge in [-0.25, -0.2) is 0 Å². The molecular formula is C24H49N2O6S+. The number of ether oxygens (including phenoxy) is 1. The van der Waals surface area contributed by atoms with Crippen molar-refractivity contribution in [1.29, 1.82) is 0 Å². The van der Waals surface area contributed by atoms with E-state index in [9.17, 15) is 18.0 Å². The highest BCUT2D eigenvalue weighted by Crippen LogP contribution is 2.33. The van der Waals surface area contributed by atoms with Gasteiger partial charge in [-0.05, 0) is 32.1 Å². The Labute approximate surface area is 202 Å². The number of hydrogen-bond donors (Lipinski definition) is 1. The molecule has 2 unspecified atom stereocenters. The fourth-order valence-electron chi connectivity index (χ4n) is 4.26. The Balaban J connectivity index is 0.000000621. The molecule has 0 aromatic heterocycles. The largest absolute Gasteiger partial charge is 0.440 e. The first-order chi connectivity index (χ1) is 15.5. The number of quaternary nitrogens is 1. The van der Waals surface area contributed by atoms with Crippen molar-refractivity contribution in [3.05, 3.63) is 0 Å². The third kappa shape index (κ3) is 11.2. The van der Waals surface area contributed by atoms with Gasteiger partial charge in [0.15, 0.2) is 0 Å². The van der Waals surface area contributed by atoms with Crippen LogP contribution in [0.2, 0.25) is 0 Å². The number of unbranched alkanes of at least 4 members (excludes halogenated alkanes) is 4. The lowest BCUT2D eigenvalue weighted by Crippen LogP contribution is -2.64. The number of hydrogen-bond acceptors (Lipinski definition) is 5. The summed E-state index contributed by atoms with van der Waals surface area (Å²) in [5, 5.41) is 0. The van der Waals surface area contributed by atoms with E-state index < -0.39 is 34.3 Å². The van der Waals surface area contributed by atoms with Gasteiger partial charge < -0.3 is 9.22 Å². The van der Waals surface area contributed by atoms with E-state index in [2.05, 4.69) is 32.4 Å². The summed E-state index contributed by atoms with van der Waals surface area (Å²) in [6, 6.07) is 0. The van der Waals surface area contributed by atoms with Gasteiger partial charge in [0, 0.05) is 6.92 Å². The lowest BCUT2D eigenvalue weighted by atomic mass is 9.94. The zero-order chi connectivity index (χ0) is 25.5. The van der Waals surface area contributed by atoms with E-state index in [1.165, 1.54) is 82.0 Å². The third-order valence-corrected chi connectivity index (χ3v) is 7.07. The molecule has 0 bridgehead atoms. The smallest absolute Gasteiger partial charge is 0.365 e. The molecule has 1 N–H and O–H groups in total. The Morgan fingerprint density at radius 2 is 1.27 bits per heavy atom. The second-order valence-electron chi connectivity index (χ2n) is 9.16. The van der Waals surface area contributed by atoms with Crippen molar-refractivity contribution in [3.63, 3.8) is 0 Å². The van der Waals surface area contributed by atoms with E-state index in [1.807, 2.05) is 6.92 Å². The fourth-order valence-corrected chi connectivity index (χ4v) is 5.07. The summed E-state index contributed by atoms with van der Waals surface area (Å²) < 4.78 is 36.7. The van der Waals surface area contributed by atoms with E-state index in [1.54, 1.807) is 0 Å². The van der Waals surface area contributed by atoms with Crippen molar-refractivity contribution in [1.82, 2.24) is 4.31 Å². The maximum absolute atomic E-state index is 11.4. The number of amides is 1. The molecule has 8 nitrogen and oxygen atoms in total. The summed E-state index contributed by atoms with van der Waals surface area (Å²) in [5.74, 6) is -2.13. The van der Waals surface area contributed by atoms with Gasteiger partial charge in [0.1, 0.15) is 0 Å². The van der Waals surface area contributed by atoms with Crippen molar-refractivity contribution >= 4 is 22.2 Å². The molecule has 0 saturated carbocycles. The van der Waals surface area contributed by atoms with Gasteiger partial charge in [-0.3, -0.25) is 14.1 Å². The first kappa shape index (κ1) is 31.8. The van der Waals surface area contributed by atoms with E-state index in [4.69, 9.17) is 4.55 Å². The molecule has 0 aromatic rings. The molecule has 1 aliphatic rings. The average molecular weight is 494 g/mol. The first-order valence-electron chi connectivity index (χ1n) is 12.9. The van der Waals surface area contributed by atoms with Gasteiger partial charge in [-0.1, -0.05) is 66.7 Å². The molecule has 0 aliphatic carbocycles. The number of carbonyl (C=O) groups excluding carboxylic acids is 2. The van der Waals surface area contributed by atoms with Gasteiger partial charge in [0.25, 0.3) is 0 Å². The van der Waals surface area contributed by atoms with Gasteiger partial charge in [-0.15, -0.1) is 0 Å². The Bertz CT molecular complexity index is 630. The molecule has 1 heterocycles. The van der Waals surface area contributed by atoms with Gasteiger partial charge >= 0.3 is 16.3 Å². The van der Waals surface area contributed by atoms with E-state index >= 15 is 0 Å². The second kappa shape index (κ2) is 16.4. The van der Waals surface area contributed by atoms with E-state index in [0.717, 1.165) is 6.92 Å². The molecule has 0 spiro atoms. The molecule has 9 heteroatoms. The zero-order valence-electron chi connectivity index (χ0n) is 21.8. The number of β-lactam (4-membered cyclic amide) rings is 1. The minimum absolute atomic E-state index is 0.189. The van der Waals surface area contributed by atoms with Gasteiger partial charge in [-0.2, -0.15) is 12.7 Å². The van der Waals surface area contributed by atoms with Crippen LogP contribution in [0.15, 0.2) is 0 Å². The normalized spacial score (nSPS) is 18.4. The van der Waals surface area contributed by atoms with Crippen LogP contribution in [0, 0.1) is 5.92 Å². The summed E-state index contributed by atoms with van der Waals surface area (Å²) in [5.41, 5.74) is 0. The molecule has 0 radical (unpaired) electrons. The summed E-state index contributed by atoms with van der Waals surface area (Å²) in [4.78, 5) is 22.1. The van der Waals surface area contributed by atoms with Crippen molar-refractivity contribution in [2.45, 2.75) is 112 Å². The van der Waals surface area contributed by atoms with Crippen LogP contribution < -0.4 is 0 Å².